The minimum Gasteiger partial charge on any atom is -0.314 e. The predicted octanol–water partition coefficient (Wildman–Crippen LogP) is 0.609. The summed E-state index contributed by atoms with van der Waals surface area (Å²) in [6.07, 6.45) is 14.7. The monoisotopic (exact) mass is 326 g/mol. The standard InChI is InChI=1S/C4H10N2.3C4H4N2/c2*1-2-6-4-3-5-1;1-2-5-4-6-3-1;1-2-4-6-5-3-1/h5-6H,1-4H2;3*1-4H. The Morgan fingerprint density at radius 3 is 1.08 bits per heavy atom. The van der Waals surface area contributed by atoms with Crippen molar-refractivity contribution in [1.29, 1.82) is 0 Å². The molecule has 0 amide bonds. The normalized spacial score (nSPS) is 12.0. The van der Waals surface area contributed by atoms with Gasteiger partial charge in [-0.05, 0) is 18.2 Å². The highest BCUT2D eigenvalue weighted by Crippen LogP contribution is 1.68. The van der Waals surface area contributed by atoms with E-state index in [-0.39, 0.29) is 0 Å². The van der Waals surface area contributed by atoms with E-state index in [0.717, 1.165) is 26.2 Å². The zero-order valence-corrected chi connectivity index (χ0v) is 13.4. The molecule has 126 valence electrons. The summed E-state index contributed by atoms with van der Waals surface area (Å²) >= 11 is 0. The van der Waals surface area contributed by atoms with Crippen molar-refractivity contribution in [3.8, 4) is 0 Å². The molecule has 0 aliphatic carbocycles. The molecule has 1 fully saturated rings. The van der Waals surface area contributed by atoms with E-state index >= 15 is 0 Å². The Morgan fingerprint density at radius 2 is 0.917 bits per heavy atom. The maximum atomic E-state index is 3.72. The topological polar surface area (TPSA) is 101 Å². The van der Waals surface area contributed by atoms with Crippen LogP contribution in [0, 0.1) is 0 Å². The Hall–Kier alpha value is -2.84. The minimum atomic E-state index is 1.14. The molecule has 0 radical (unpaired) electrons. The first-order valence-electron chi connectivity index (χ1n) is 7.53. The summed E-state index contributed by atoms with van der Waals surface area (Å²) in [5, 5.41) is 13.5. The lowest BCUT2D eigenvalue weighted by Crippen LogP contribution is -2.39. The Balaban J connectivity index is 0.000000160. The van der Waals surface area contributed by atoms with E-state index in [1.807, 2.05) is 12.1 Å². The number of nitrogens with zero attached hydrogens (tertiary/aromatic N) is 6. The maximum Gasteiger partial charge on any atom is 0.115 e. The second-order valence-corrected chi connectivity index (χ2v) is 4.21. The van der Waals surface area contributed by atoms with Crippen LogP contribution in [0.15, 0.2) is 74.1 Å². The number of hydrogen-bond acceptors (Lipinski definition) is 8. The Bertz CT molecular complexity index is 382. The molecule has 1 aliphatic rings. The van der Waals surface area contributed by atoms with E-state index in [0.29, 0.717) is 0 Å². The van der Waals surface area contributed by atoms with Gasteiger partial charge in [-0.2, -0.15) is 10.2 Å². The summed E-state index contributed by atoms with van der Waals surface area (Å²) < 4.78 is 0. The van der Waals surface area contributed by atoms with Gasteiger partial charge in [-0.1, -0.05) is 0 Å². The number of hydrogen-bond donors (Lipinski definition) is 2. The third-order valence-electron chi connectivity index (χ3n) is 2.40. The molecule has 4 rings (SSSR count). The molecule has 0 atom stereocenters. The number of nitrogens with one attached hydrogen (secondary N) is 2. The van der Waals surface area contributed by atoms with Crippen molar-refractivity contribution in [3.05, 3.63) is 74.1 Å². The molecule has 0 unspecified atom stereocenters. The van der Waals surface area contributed by atoms with Gasteiger partial charge in [0.2, 0.25) is 0 Å². The Morgan fingerprint density at radius 1 is 0.458 bits per heavy atom. The maximum absolute atomic E-state index is 3.72. The molecule has 24 heavy (non-hydrogen) atoms. The fourth-order valence-corrected chi connectivity index (χ4v) is 1.36. The van der Waals surface area contributed by atoms with Gasteiger partial charge in [-0.25, -0.2) is 9.97 Å². The van der Waals surface area contributed by atoms with Crippen LogP contribution in [0.5, 0.6) is 0 Å². The second-order valence-electron chi connectivity index (χ2n) is 4.21. The number of aromatic nitrogens is 6. The van der Waals surface area contributed by atoms with Gasteiger partial charge >= 0.3 is 0 Å². The highest BCUT2D eigenvalue weighted by molar-refractivity contribution is 4.80. The van der Waals surface area contributed by atoms with Gasteiger partial charge in [0.25, 0.3) is 0 Å². The molecule has 0 aromatic carbocycles. The number of piperazine rings is 1. The second kappa shape index (κ2) is 16.5. The summed E-state index contributed by atoms with van der Waals surface area (Å²) in [5.41, 5.74) is 0. The van der Waals surface area contributed by atoms with Gasteiger partial charge in [0.1, 0.15) is 6.33 Å². The molecule has 8 nitrogen and oxygen atoms in total. The summed E-state index contributed by atoms with van der Waals surface area (Å²) in [6, 6.07) is 5.43. The van der Waals surface area contributed by atoms with Crippen LogP contribution < -0.4 is 10.6 Å². The number of rotatable bonds is 0. The van der Waals surface area contributed by atoms with Crippen LogP contribution in [-0.2, 0) is 0 Å². The zero-order chi connectivity index (χ0) is 17.0. The summed E-state index contributed by atoms with van der Waals surface area (Å²) in [5.74, 6) is 0. The molecule has 0 saturated carbocycles. The van der Waals surface area contributed by atoms with Crippen LogP contribution in [0.2, 0.25) is 0 Å². The quantitative estimate of drug-likeness (QED) is 0.619. The van der Waals surface area contributed by atoms with Crippen molar-refractivity contribution >= 4 is 0 Å². The average molecular weight is 326 g/mol. The van der Waals surface area contributed by atoms with Crippen LogP contribution in [0.1, 0.15) is 0 Å². The Kier molecular flexibility index (Phi) is 13.2. The first-order valence-corrected chi connectivity index (χ1v) is 7.53. The van der Waals surface area contributed by atoms with E-state index < -0.39 is 0 Å². The van der Waals surface area contributed by atoms with E-state index in [4.69, 9.17) is 0 Å². The first kappa shape index (κ1) is 19.2. The summed E-state index contributed by atoms with van der Waals surface area (Å²) in [4.78, 5) is 14.8. The van der Waals surface area contributed by atoms with Gasteiger partial charge in [0.15, 0.2) is 0 Å². The van der Waals surface area contributed by atoms with Gasteiger partial charge < -0.3 is 10.6 Å². The fraction of sp³-hybridized carbons (Fsp3) is 0.250. The van der Waals surface area contributed by atoms with Crippen LogP contribution in [0.25, 0.3) is 0 Å². The van der Waals surface area contributed by atoms with E-state index in [1.165, 1.54) is 6.33 Å². The zero-order valence-electron chi connectivity index (χ0n) is 13.4. The van der Waals surface area contributed by atoms with Crippen molar-refractivity contribution in [3.63, 3.8) is 0 Å². The van der Waals surface area contributed by atoms with Gasteiger partial charge in [-0.3, -0.25) is 9.97 Å². The van der Waals surface area contributed by atoms with Crippen LogP contribution in [-0.4, -0.2) is 56.3 Å². The third kappa shape index (κ3) is 14.1. The first-order chi connectivity index (χ1) is 12.0. The van der Waals surface area contributed by atoms with Gasteiger partial charge in [0.05, 0.1) is 0 Å². The van der Waals surface area contributed by atoms with E-state index in [2.05, 4.69) is 40.8 Å². The molecule has 3 aromatic heterocycles. The van der Waals surface area contributed by atoms with Crippen molar-refractivity contribution in [2.75, 3.05) is 26.2 Å². The lowest BCUT2D eigenvalue weighted by atomic mass is 10.4. The largest absolute Gasteiger partial charge is 0.314 e. The van der Waals surface area contributed by atoms with Gasteiger partial charge in [-0.15, -0.1) is 0 Å². The van der Waals surface area contributed by atoms with E-state index in [9.17, 15) is 0 Å². The SMILES string of the molecule is C1CNCCN1.c1ccnnc1.c1cnccn1.c1cncnc1. The Labute approximate surface area is 141 Å². The van der Waals surface area contributed by atoms with Crippen LogP contribution in [0.3, 0.4) is 0 Å². The van der Waals surface area contributed by atoms with Crippen molar-refractivity contribution < 1.29 is 0 Å². The summed E-state index contributed by atoms with van der Waals surface area (Å²) in [7, 11) is 0. The molecule has 1 saturated heterocycles. The fourth-order valence-electron chi connectivity index (χ4n) is 1.36. The molecule has 3 aromatic rings. The highest BCUT2D eigenvalue weighted by Gasteiger charge is 1.91. The van der Waals surface area contributed by atoms with Crippen molar-refractivity contribution in [2.24, 2.45) is 0 Å². The molecule has 0 spiro atoms. The molecule has 2 N–H and O–H groups in total. The van der Waals surface area contributed by atoms with Crippen molar-refractivity contribution in [1.82, 2.24) is 40.8 Å². The highest BCUT2D eigenvalue weighted by atomic mass is 15.1. The van der Waals surface area contributed by atoms with Gasteiger partial charge in [0, 0.05) is 75.8 Å². The molecule has 0 bridgehead atoms. The smallest absolute Gasteiger partial charge is 0.115 e. The van der Waals surface area contributed by atoms with Crippen molar-refractivity contribution in [2.45, 2.75) is 0 Å². The summed E-state index contributed by atoms with van der Waals surface area (Å²) in [6.45, 7) is 4.56. The van der Waals surface area contributed by atoms with Crippen LogP contribution in [0.4, 0.5) is 0 Å². The third-order valence-corrected chi connectivity index (χ3v) is 2.40. The minimum absolute atomic E-state index is 1.14. The molecule has 4 heterocycles. The molecule has 1 aliphatic heterocycles. The predicted molar refractivity (Wildman–Crippen MR) is 91.8 cm³/mol. The lowest BCUT2D eigenvalue weighted by molar-refractivity contribution is 0.534. The van der Waals surface area contributed by atoms with Crippen LogP contribution >= 0.6 is 0 Å². The lowest BCUT2D eigenvalue weighted by Gasteiger charge is -2.11. The average Bonchev–Trinajstić information content (AvgIpc) is 2.75. The van der Waals surface area contributed by atoms with E-state index in [1.54, 1.807) is 55.6 Å². The molecular weight excluding hydrogens is 304 g/mol. The molecule has 8 heteroatoms. The molecular formula is C16H22N8.